The lowest BCUT2D eigenvalue weighted by molar-refractivity contribution is 0.777. The second-order valence-corrected chi connectivity index (χ2v) is 16.8. The van der Waals surface area contributed by atoms with Crippen molar-refractivity contribution in [3.05, 3.63) is 267 Å². The first-order valence-corrected chi connectivity index (χ1v) is 23.3. The first-order chi connectivity index (χ1) is 33.2. The molecule has 11 rings (SSSR count). The Labute approximate surface area is 393 Å². The van der Waals surface area contributed by atoms with Gasteiger partial charge in [0.05, 0.1) is 6.04 Å². The van der Waals surface area contributed by atoms with Crippen molar-refractivity contribution in [1.29, 1.82) is 0 Å². The summed E-state index contributed by atoms with van der Waals surface area (Å²) < 4.78 is 2.45. The Morgan fingerprint density at radius 2 is 0.716 bits per heavy atom. The standard InChI is InChI=1S/C62H51N5/c1-2-63-61-43-41-57(66(51-29-17-7-18-30-51)55-37-33-53(34-38-55)64(47-21-9-3-10-22-47)48-23-11-4-12-24-48)45-59(61)60-46-58(42-44-62(60)63)67(52-31-19-8-20-32-52)56-39-35-54(36-40-56)65(49-25-13-5-14-26-49)50-27-15-6-16-28-50/h3-39,41-46,56H,2,40H2,1H3. The highest BCUT2D eigenvalue weighted by Crippen LogP contribution is 2.43. The Balaban J connectivity index is 0.985. The second-order valence-electron chi connectivity index (χ2n) is 16.8. The molecule has 1 aliphatic rings. The Morgan fingerprint density at radius 3 is 1.12 bits per heavy atom. The van der Waals surface area contributed by atoms with Crippen molar-refractivity contribution in [2.24, 2.45) is 0 Å². The van der Waals surface area contributed by atoms with E-state index in [1.165, 1.54) is 21.8 Å². The van der Waals surface area contributed by atoms with Gasteiger partial charge in [-0.3, -0.25) is 0 Å². The van der Waals surface area contributed by atoms with Crippen LogP contribution in [0, 0.1) is 0 Å². The van der Waals surface area contributed by atoms with E-state index in [9.17, 15) is 0 Å². The quantitative estimate of drug-likeness (QED) is 0.115. The lowest BCUT2D eigenvalue weighted by atomic mass is 10.0. The van der Waals surface area contributed by atoms with Crippen LogP contribution in [-0.4, -0.2) is 10.6 Å². The normalized spacial score (nSPS) is 13.3. The molecule has 0 fully saturated rings. The highest BCUT2D eigenvalue weighted by atomic mass is 15.2. The van der Waals surface area contributed by atoms with E-state index in [1.54, 1.807) is 0 Å². The number of anilines is 10. The van der Waals surface area contributed by atoms with Crippen LogP contribution in [0.3, 0.4) is 0 Å². The SMILES string of the molecule is CCn1c2ccc(N(c3ccccc3)c3ccc(N(c4ccccc4)c4ccccc4)cc3)cc2c2cc(N(c3ccccc3)C3C=CC(N(c4ccccc4)c4ccccc4)=CC3)ccc21. The zero-order valence-electron chi connectivity index (χ0n) is 37.6. The molecule has 324 valence electrons. The largest absolute Gasteiger partial charge is 0.341 e. The number of nitrogens with zero attached hydrogens (tertiary/aromatic N) is 5. The number of benzene rings is 9. The van der Waals surface area contributed by atoms with E-state index < -0.39 is 0 Å². The third-order valence-corrected chi connectivity index (χ3v) is 12.8. The van der Waals surface area contributed by atoms with Crippen LogP contribution in [0.1, 0.15) is 13.3 Å². The molecule has 67 heavy (non-hydrogen) atoms. The van der Waals surface area contributed by atoms with Crippen molar-refractivity contribution in [2.45, 2.75) is 25.9 Å². The van der Waals surface area contributed by atoms with Gasteiger partial charge in [-0.1, -0.05) is 121 Å². The zero-order valence-corrected chi connectivity index (χ0v) is 37.6. The first-order valence-electron chi connectivity index (χ1n) is 23.3. The average molecular weight is 866 g/mol. The predicted octanol–water partition coefficient (Wildman–Crippen LogP) is 16.9. The van der Waals surface area contributed by atoms with Gasteiger partial charge < -0.3 is 24.2 Å². The molecule has 1 aliphatic carbocycles. The van der Waals surface area contributed by atoms with Gasteiger partial charge in [0, 0.05) is 90.9 Å². The van der Waals surface area contributed by atoms with Crippen LogP contribution in [0.5, 0.6) is 0 Å². The summed E-state index contributed by atoms with van der Waals surface area (Å²) in [7, 11) is 0. The molecule has 5 nitrogen and oxygen atoms in total. The predicted molar refractivity (Wildman–Crippen MR) is 284 cm³/mol. The van der Waals surface area contributed by atoms with E-state index in [1.807, 2.05) is 0 Å². The van der Waals surface area contributed by atoms with Crippen LogP contribution in [-0.2, 0) is 6.54 Å². The fourth-order valence-corrected chi connectivity index (χ4v) is 9.76. The molecule has 9 aromatic carbocycles. The minimum Gasteiger partial charge on any atom is -0.341 e. The van der Waals surface area contributed by atoms with Crippen LogP contribution in [0.2, 0.25) is 0 Å². The van der Waals surface area contributed by atoms with Crippen molar-refractivity contribution < 1.29 is 0 Å². The number of hydrogen-bond donors (Lipinski definition) is 0. The van der Waals surface area contributed by atoms with Gasteiger partial charge in [-0.15, -0.1) is 0 Å². The number of rotatable bonds is 13. The van der Waals surface area contributed by atoms with Crippen LogP contribution >= 0.6 is 0 Å². The van der Waals surface area contributed by atoms with Gasteiger partial charge in [-0.05, 0) is 153 Å². The Hall–Kier alpha value is -8.54. The summed E-state index contributed by atoms with van der Waals surface area (Å²) in [6.45, 7) is 3.11. The number of hydrogen-bond acceptors (Lipinski definition) is 4. The lowest BCUT2D eigenvalue weighted by Gasteiger charge is -2.35. The molecule has 0 saturated heterocycles. The van der Waals surface area contributed by atoms with Crippen molar-refractivity contribution in [3.63, 3.8) is 0 Å². The second kappa shape index (κ2) is 18.5. The molecule has 5 heteroatoms. The molecule has 0 aliphatic heterocycles. The lowest BCUT2D eigenvalue weighted by Crippen LogP contribution is -2.31. The maximum atomic E-state index is 2.50. The molecule has 0 saturated carbocycles. The number of aryl methyl sites for hydroxylation is 1. The Morgan fingerprint density at radius 1 is 0.373 bits per heavy atom. The van der Waals surface area contributed by atoms with Gasteiger partial charge in [0.2, 0.25) is 0 Å². The molecule has 1 unspecified atom stereocenters. The first kappa shape index (κ1) is 41.2. The smallest absolute Gasteiger partial charge is 0.0561 e. The maximum Gasteiger partial charge on any atom is 0.0561 e. The van der Waals surface area contributed by atoms with E-state index >= 15 is 0 Å². The van der Waals surface area contributed by atoms with E-state index in [2.05, 4.69) is 292 Å². The van der Waals surface area contributed by atoms with E-state index in [0.717, 1.165) is 75.5 Å². The highest BCUT2D eigenvalue weighted by Gasteiger charge is 2.25. The van der Waals surface area contributed by atoms with Gasteiger partial charge >= 0.3 is 0 Å². The molecule has 0 bridgehead atoms. The number of para-hydroxylation sites is 6. The highest BCUT2D eigenvalue weighted by molar-refractivity contribution is 6.11. The molecule has 1 atom stereocenters. The molecule has 0 spiro atoms. The summed E-state index contributed by atoms with van der Waals surface area (Å²) >= 11 is 0. The Bertz CT molecular complexity index is 3220. The van der Waals surface area contributed by atoms with Crippen molar-refractivity contribution in [2.75, 3.05) is 19.6 Å². The molecule has 1 heterocycles. The summed E-state index contributed by atoms with van der Waals surface area (Å²) in [4.78, 5) is 9.53. The van der Waals surface area contributed by atoms with E-state index in [4.69, 9.17) is 0 Å². The monoisotopic (exact) mass is 865 g/mol. The van der Waals surface area contributed by atoms with Crippen LogP contribution < -0.4 is 19.6 Å². The Kier molecular flexibility index (Phi) is 11.4. The molecule has 0 N–H and O–H groups in total. The molecular formula is C62H51N5. The summed E-state index contributed by atoms with van der Waals surface area (Å²) in [6.07, 6.45) is 7.90. The van der Waals surface area contributed by atoms with Gasteiger partial charge in [0.25, 0.3) is 0 Å². The fourth-order valence-electron chi connectivity index (χ4n) is 9.76. The van der Waals surface area contributed by atoms with Gasteiger partial charge in [0.15, 0.2) is 0 Å². The number of aromatic nitrogens is 1. The summed E-state index contributed by atoms with van der Waals surface area (Å²) in [6, 6.07) is 87.1. The van der Waals surface area contributed by atoms with Gasteiger partial charge in [-0.2, -0.15) is 0 Å². The number of allylic oxidation sites excluding steroid dienone is 1. The van der Waals surface area contributed by atoms with E-state index in [-0.39, 0.29) is 6.04 Å². The van der Waals surface area contributed by atoms with Crippen LogP contribution in [0.15, 0.2) is 267 Å². The van der Waals surface area contributed by atoms with E-state index in [0.29, 0.717) is 0 Å². The van der Waals surface area contributed by atoms with Crippen molar-refractivity contribution >= 4 is 78.7 Å². The molecular weight excluding hydrogens is 815 g/mol. The van der Waals surface area contributed by atoms with Gasteiger partial charge in [-0.25, -0.2) is 0 Å². The van der Waals surface area contributed by atoms with Crippen molar-refractivity contribution in [3.8, 4) is 0 Å². The minimum atomic E-state index is 0.100. The molecule has 1 aromatic heterocycles. The number of fused-ring (bicyclic) bond motifs is 3. The van der Waals surface area contributed by atoms with Gasteiger partial charge in [0.1, 0.15) is 0 Å². The minimum absolute atomic E-state index is 0.100. The summed E-state index contributed by atoms with van der Waals surface area (Å²) in [5.41, 5.74) is 14.8. The fraction of sp³-hybridized carbons (Fsp3) is 0.0645. The summed E-state index contributed by atoms with van der Waals surface area (Å²) in [5, 5.41) is 2.46. The zero-order chi connectivity index (χ0) is 44.9. The molecule has 10 aromatic rings. The van der Waals surface area contributed by atoms with Crippen LogP contribution in [0.4, 0.5) is 56.9 Å². The third-order valence-electron chi connectivity index (χ3n) is 12.8. The average Bonchev–Trinajstić information content (AvgIpc) is 3.72. The van der Waals surface area contributed by atoms with Crippen LogP contribution in [0.25, 0.3) is 21.8 Å². The topological polar surface area (TPSA) is 17.9 Å². The maximum absolute atomic E-state index is 2.50. The molecule has 0 amide bonds. The molecule has 0 radical (unpaired) electrons. The van der Waals surface area contributed by atoms with Crippen molar-refractivity contribution in [1.82, 2.24) is 4.57 Å². The third kappa shape index (κ3) is 8.13. The summed E-state index contributed by atoms with van der Waals surface area (Å²) in [5.74, 6) is 0.